The summed E-state index contributed by atoms with van der Waals surface area (Å²) in [6.45, 7) is 6.34. The maximum atomic E-state index is 6.03. The van der Waals surface area contributed by atoms with Crippen molar-refractivity contribution in [2.75, 3.05) is 13.1 Å². The van der Waals surface area contributed by atoms with Crippen LogP contribution in [0.5, 0.6) is 0 Å². The first kappa shape index (κ1) is 13.6. The molecule has 0 spiro atoms. The monoisotopic (exact) mass is 246 g/mol. The molecule has 1 aliphatic rings. The molecule has 0 aromatic heterocycles. The van der Waals surface area contributed by atoms with E-state index in [2.05, 4.69) is 43.0 Å². The van der Waals surface area contributed by atoms with Gasteiger partial charge in [0.1, 0.15) is 0 Å². The Morgan fingerprint density at radius 3 is 2.33 bits per heavy atom. The van der Waals surface area contributed by atoms with Gasteiger partial charge in [-0.15, -0.1) is 0 Å². The molecule has 2 nitrogen and oxygen atoms in total. The van der Waals surface area contributed by atoms with E-state index in [0.29, 0.717) is 6.04 Å². The molecule has 1 atom stereocenters. The van der Waals surface area contributed by atoms with Gasteiger partial charge in [0, 0.05) is 18.6 Å². The molecule has 2 heteroatoms. The van der Waals surface area contributed by atoms with E-state index >= 15 is 0 Å². The maximum absolute atomic E-state index is 6.03. The molecule has 0 saturated heterocycles. The third-order valence-corrected chi connectivity index (χ3v) is 3.89. The van der Waals surface area contributed by atoms with Gasteiger partial charge in [-0.1, -0.05) is 38.1 Å². The van der Waals surface area contributed by atoms with E-state index in [4.69, 9.17) is 5.73 Å². The Kier molecular flexibility index (Phi) is 4.79. The predicted molar refractivity (Wildman–Crippen MR) is 77.6 cm³/mol. The molecular formula is C16H26N2. The van der Waals surface area contributed by atoms with E-state index in [1.54, 1.807) is 0 Å². The molecule has 2 N–H and O–H groups in total. The quantitative estimate of drug-likeness (QED) is 0.801. The predicted octanol–water partition coefficient (Wildman–Crippen LogP) is 3.12. The Morgan fingerprint density at radius 1 is 1.22 bits per heavy atom. The molecular weight excluding hydrogens is 220 g/mol. The van der Waals surface area contributed by atoms with Crippen molar-refractivity contribution in [2.24, 2.45) is 5.73 Å². The van der Waals surface area contributed by atoms with Gasteiger partial charge in [-0.05, 0) is 43.4 Å². The molecule has 1 aromatic carbocycles. The van der Waals surface area contributed by atoms with Crippen molar-refractivity contribution >= 4 is 0 Å². The average molecular weight is 246 g/mol. The lowest BCUT2D eigenvalue weighted by molar-refractivity contribution is 0.191. The SMILES string of the molecule is CCCN(C1CC1)C(CN)c1ccc(CC)cc1. The fraction of sp³-hybridized carbons (Fsp3) is 0.625. The first-order chi connectivity index (χ1) is 8.80. The van der Waals surface area contributed by atoms with Gasteiger partial charge >= 0.3 is 0 Å². The molecule has 1 fully saturated rings. The molecule has 1 saturated carbocycles. The van der Waals surface area contributed by atoms with Crippen LogP contribution in [-0.2, 0) is 6.42 Å². The van der Waals surface area contributed by atoms with Gasteiger partial charge in [0.25, 0.3) is 0 Å². The smallest absolute Gasteiger partial charge is 0.0473 e. The summed E-state index contributed by atoms with van der Waals surface area (Å²) in [4.78, 5) is 2.61. The molecule has 0 radical (unpaired) electrons. The minimum absolute atomic E-state index is 0.406. The molecule has 1 aliphatic carbocycles. The highest BCUT2D eigenvalue weighted by Gasteiger charge is 2.33. The second kappa shape index (κ2) is 6.35. The van der Waals surface area contributed by atoms with Crippen molar-refractivity contribution in [3.05, 3.63) is 35.4 Å². The number of nitrogens with zero attached hydrogens (tertiary/aromatic N) is 1. The third kappa shape index (κ3) is 3.12. The lowest BCUT2D eigenvalue weighted by Gasteiger charge is -2.31. The minimum Gasteiger partial charge on any atom is -0.329 e. The van der Waals surface area contributed by atoms with Crippen LogP contribution in [0.25, 0.3) is 0 Å². The zero-order valence-electron chi connectivity index (χ0n) is 11.7. The van der Waals surface area contributed by atoms with E-state index in [1.165, 1.54) is 36.9 Å². The summed E-state index contributed by atoms with van der Waals surface area (Å²) in [5, 5.41) is 0. The topological polar surface area (TPSA) is 29.3 Å². The van der Waals surface area contributed by atoms with Crippen LogP contribution in [0.15, 0.2) is 24.3 Å². The van der Waals surface area contributed by atoms with Crippen molar-refractivity contribution in [2.45, 2.75) is 51.6 Å². The van der Waals surface area contributed by atoms with Gasteiger partial charge in [-0.2, -0.15) is 0 Å². The van der Waals surface area contributed by atoms with Crippen molar-refractivity contribution in [1.29, 1.82) is 0 Å². The van der Waals surface area contributed by atoms with Crippen molar-refractivity contribution in [3.8, 4) is 0 Å². The minimum atomic E-state index is 0.406. The van der Waals surface area contributed by atoms with Crippen molar-refractivity contribution in [3.63, 3.8) is 0 Å². The van der Waals surface area contributed by atoms with Gasteiger partial charge in [-0.3, -0.25) is 4.90 Å². The normalized spacial score (nSPS) is 17.1. The molecule has 0 heterocycles. The highest BCUT2D eigenvalue weighted by atomic mass is 15.2. The fourth-order valence-corrected chi connectivity index (χ4v) is 2.70. The Labute approximate surface area is 111 Å². The summed E-state index contributed by atoms with van der Waals surface area (Å²) in [5.74, 6) is 0. The van der Waals surface area contributed by atoms with E-state index in [-0.39, 0.29) is 0 Å². The van der Waals surface area contributed by atoms with Crippen LogP contribution in [0.2, 0.25) is 0 Å². The molecule has 1 unspecified atom stereocenters. The third-order valence-electron chi connectivity index (χ3n) is 3.89. The van der Waals surface area contributed by atoms with E-state index in [9.17, 15) is 0 Å². The average Bonchev–Trinajstić information content (AvgIpc) is 3.23. The van der Waals surface area contributed by atoms with E-state index < -0.39 is 0 Å². The highest BCUT2D eigenvalue weighted by molar-refractivity contribution is 5.25. The van der Waals surface area contributed by atoms with Crippen LogP contribution < -0.4 is 5.73 Å². The Balaban J connectivity index is 2.14. The number of hydrogen-bond donors (Lipinski definition) is 1. The fourth-order valence-electron chi connectivity index (χ4n) is 2.70. The van der Waals surface area contributed by atoms with E-state index in [1.807, 2.05) is 0 Å². The molecule has 1 aromatic rings. The summed E-state index contributed by atoms with van der Waals surface area (Å²) >= 11 is 0. The number of hydrogen-bond acceptors (Lipinski definition) is 2. The first-order valence-corrected chi connectivity index (χ1v) is 7.34. The van der Waals surface area contributed by atoms with Crippen molar-refractivity contribution in [1.82, 2.24) is 4.90 Å². The number of nitrogens with two attached hydrogens (primary N) is 1. The summed E-state index contributed by atoms with van der Waals surface area (Å²) in [5.41, 5.74) is 8.82. The maximum Gasteiger partial charge on any atom is 0.0473 e. The van der Waals surface area contributed by atoms with Crippen molar-refractivity contribution < 1.29 is 0 Å². The zero-order valence-corrected chi connectivity index (χ0v) is 11.7. The first-order valence-electron chi connectivity index (χ1n) is 7.34. The lowest BCUT2D eigenvalue weighted by atomic mass is 10.0. The largest absolute Gasteiger partial charge is 0.329 e. The number of aryl methyl sites for hydroxylation is 1. The van der Waals surface area contributed by atoms with Gasteiger partial charge in [0.05, 0.1) is 0 Å². The van der Waals surface area contributed by atoms with E-state index in [0.717, 1.165) is 19.0 Å². The Morgan fingerprint density at radius 2 is 1.89 bits per heavy atom. The molecule has 2 rings (SSSR count). The molecule has 18 heavy (non-hydrogen) atoms. The molecule has 0 amide bonds. The van der Waals surface area contributed by atoms with Gasteiger partial charge in [0.15, 0.2) is 0 Å². The highest BCUT2D eigenvalue weighted by Crippen LogP contribution is 2.34. The second-order valence-electron chi connectivity index (χ2n) is 5.32. The molecule has 0 aliphatic heterocycles. The zero-order chi connectivity index (χ0) is 13.0. The summed E-state index contributed by atoms with van der Waals surface area (Å²) in [6, 6.07) is 10.2. The Hall–Kier alpha value is -0.860. The van der Waals surface area contributed by atoms with Crippen LogP contribution in [0, 0.1) is 0 Å². The number of benzene rings is 1. The molecule has 0 bridgehead atoms. The summed E-state index contributed by atoms with van der Waals surface area (Å²) in [7, 11) is 0. The van der Waals surface area contributed by atoms with Crippen LogP contribution in [0.3, 0.4) is 0 Å². The lowest BCUT2D eigenvalue weighted by Crippen LogP contribution is -2.36. The summed E-state index contributed by atoms with van der Waals surface area (Å²) < 4.78 is 0. The van der Waals surface area contributed by atoms with Crippen LogP contribution >= 0.6 is 0 Å². The second-order valence-corrected chi connectivity index (χ2v) is 5.32. The van der Waals surface area contributed by atoms with Crippen LogP contribution in [0.1, 0.15) is 50.3 Å². The van der Waals surface area contributed by atoms with Gasteiger partial charge in [-0.25, -0.2) is 0 Å². The number of rotatable bonds is 7. The van der Waals surface area contributed by atoms with Gasteiger partial charge in [0.2, 0.25) is 0 Å². The standard InChI is InChI=1S/C16H26N2/c1-3-11-18(15-9-10-15)16(12-17)14-7-5-13(4-2)6-8-14/h5-8,15-16H,3-4,9-12,17H2,1-2H3. The van der Waals surface area contributed by atoms with Crippen LogP contribution in [0.4, 0.5) is 0 Å². The summed E-state index contributed by atoms with van der Waals surface area (Å²) in [6.07, 6.45) is 5.02. The molecule has 100 valence electrons. The van der Waals surface area contributed by atoms with Gasteiger partial charge < -0.3 is 5.73 Å². The van der Waals surface area contributed by atoms with Crippen LogP contribution in [-0.4, -0.2) is 24.0 Å². The Bertz CT molecular complexity index is 354.